The Hall–Kier alpha value is -1.33. The van der Waals surface area contributed by atoms with Gasteiger partial charge in [0, 0.05) is 44.1 Å². The fraction of sp³-hybridized carbons (Fsp3) is 0.583. The molecule has 2 heterocycles. The molecule has 2 rings (SSSR count). The second-order valence-corrected chi connectivity index (χ2v) is 4.66. The second kappa shape index (κ2) is 5.33. The van der Waals surface area contributed by atoms with Crippen molar-refractivity contribution < 1.29 is 9.90 Å². The Morgan fingerprint density at radius 3 is 2.59 bits per heavy atom. The first-order valence-corrected chi connectivity index (χ1v) is 5.93. The van der Waals surface area contributed by atoms with Gasteiger partial charge in [0.1, 0.15) is 0 Å². The molecule has 5 heteroatoms. The van der Waals surface area contributed by atoms with Crippen LogP contribution in [0.1, 0.15) is 11.4 Å². The Morgan fingerprint density at radius 2 is 1.94 bits per heavy atom. The number of rotatable bonds is 4. The van der Waals surface area contributed by atoms with Gasteiger partial charge in [0.25, 0.3) is 0 Å². The molecule has 0 saturated carbocycles. The molecule has 17 heavy (non-hydrogen) atoms. The fourth-order valence-corrected chi connectivity index (χ4v) is 2.10. The molecule has 1 aromatic heterocycles. The number of piperazine rings is 1. The van der Waals surface area contributed by atoms with Gasteiger partial charge in [-0.2, -0.15) is 0 Å². The average molecular weight is 237 g/mol. The number of hydrogen-bond acceptors (Lipinski definition) is 3. The predicted octanol–water partition coefficient (Wildman–Crippen LogP) is 0.389. The van der Waals surface area contributed by atoms with Crippen molar-refractivity contribution in [2.75, 3.05) is 33.2 Å². The standard InChI is InChI=1S/C12H19N3O2/c1-14-4-6-15(7-5-14)9-11-3-2-10(13-11)8-12(16)17/h2-3,13H,4-9H2,1H3,(H,16,17). The fourth-order valence-electron chi connectivity index (χ4n) is 2.10. The van der Waals surface area contributed by atoms with Crippen LogP contribution in [0.3, 0.4) is 0 Å². The Kier molecular flexibility index (Phi) is 3.81. The number of carboxylic acid groups (broad SMARTS) is 1. The molecule has 5 nitrogen and oxygen atoms in total. The lowest BCUT2D eigenvalue weighted by Crippen LogP contribution is -2.43. The lowest BCUT2D eigenvalue weighted by Gasteiger charge is -2.31. The number of aliphatic carboxylic acids is 1. The van der Waals surface area contributed by atoms with Gasteiger partial charge in [-0.3, -0.25) is 9.69 Å². The summed E-state index contributed by atoms with van der Waals surface area (Å²) in [6.07, 6.45) is 0.0722. The van der Waals surface area contributed by atoms with Crippen LogP contribution in [0.2, 0.25) is 0 Å². The van der Waals surface area contributed by atoms with E-state index in [9.17, 15) is 4.79 Å². The van der Waals surface area contributed by atoms with E-state index < -0.39 is 5.97 Å². The molecule has 0 aliphatic carbocycles. The number of carbonyl (C=O) groups is 1. The Balaban J connectivity index is 1.86. The molecule has 0 amide bonds. The summed E-state index contributed by atoms with van der Waals surface area (Å²) < 4.78 is 0. The minimum atomic E-state index is -0.794. The van der Waals surface area contributed by atoms with Crippen molar-refractivity contribution in [3.05, 3.63) is 23.5 Å². The Morgan fingerprint density at radius 1 is 1.29 bits per heavy atom. The van der Waals surface area contributed by atoms with Crippen LogP contribution in [0.4, 0.5) is 0 Å². The Labute approximate surface area is 101 Å². The molecular formula is C12H19N3O2. The molecule has 0 aromatic carbocycles. The number of likely N-dealkylation sites (N-methyl/N-ethyl adjacent to an activating group) is 1. The summed E-state index contributed by atoms with van der Waals surface area (Å²) in [5.74, 6) is -0.794. The van der Waals surface area contributed by atoms with Gasteiger partial charge in [-0.05, 0) is 19.2 Å². The molecule has 1 aromatic rings. The van der Waals surface area contributed by atoms with E-state index in [0.717, 1.165) is 44.1 Å². The van der Waals surface area contributed by atoms with Crippen LogP contribution in [0.5, 0.6) is 0 Å². The van der Waals surface area contributed by atoms with Crippen LogP contribution >= 0.6 is 0 Å². The SMILES string of the molecule is CN1CCN(Cc2ccc(CC(=O)O)[nH]2)CC1. The highest BCUT2D eigenvalue weighted by Crippen LogP contribution is 2.08. The van der Waals surface area contributed by atoms with E-state index in [1.165, 1.54) is 0 Å². The van der Waals surface area contributed by atoms with E-state index >= 15 is 0 Å². The smallest absolute Gasteiger partial charge is 0.309 e. The van der Waals surface area contributed by atoms with Gasteiger partial charge in [-0.15, -0.1) is 0 Å². The molecule has 0 unspecified atom stereocenters. The van der Waals surface area contributed by atoms with Gasteiger partial charge in [0.15, 0.2) is 0 Å². The third-order valence-corrected chi connectivity index (χ3v) is 3.14. The van der Waals surface area contributed by atoms with Crippen molar-refractivity contribution in [3.8, 4) is 0 Å². The van der Waals surface area contributed by atoms with Gasteiger partial charge in [-0.1, -0.05) is 0 Å². The maximum absolute atomic E-state index is 10.6. The van der Waals surface area contributed by atoms with Crippen molar-refractivity contribution in [1.82, 2.24) is 14.8 Å². The summed E-state index contributed by atoms with van der Waals surface area (Å²) in [4.78, 5) is 18.4. The maximum atomic E-state index is 10.6. The first kappa shape index (κ1) is 12.1. The van der Waals surface area contributed by atoms with Crippen LogP contribution in [-0.4, -0.2) is 59.1 Å². The zero-order valence-corrected chi connectivity index (χ0v) is 10.1. The Bertz CT molecular complexity index is 381. The number of aromatic nitrogens is 1. The van der Waals surface area contributed by atoms with Crippen LogP contribution in [0, 0.1) is 0 Å². The molecule has 94 valence electrons. The molecule has 1 fully saturated rings. The van der Waals surface area contributed by atoms with Gasteiger partial charge in [0.05, 0.1) is 6.42 Å². The largest absolute Gasteiger partial charge is 0.481 e. The molecule has 1 aliphatic rings. The summed E-state index contributed by atoms with van der Waals surface area (Å²) in [5.41, 5.74) is 1.88. The molecule has 0 spiro atoms. The molecule has 0 radical (unpaired) electrons. The van der Waals surface area contributed by atoms with Crippen LogP contribution in [0.15, 0.2) is 12.1 Å². The van der Waals surface area contributed by atoms with E-state index in [1.54, 1.807) is 0 Å². The summed E-state index contributed by atoms with van der Waals surface area (Å²) in [5, 5.41) is 8.69. The minimum absolute atomic E-state index is 0.0722. The lowest BCUT2D eigenvalue weighted by molar-refractivity contribution is -0.136. The minimum Gasteiger partial charge on any atom is -0.481 e. The summed E-state index contributed by atoms with van der Waals surface area (Å²) in [6.45, 7) is 5.23. The summed E-state index contributed by atoms with van der Waals surface area (Å²) in [6, 6.07) is 3.84. The maximum Gasteiger partial charge on any atom is 0.309 e. The number of nitrogens with one attached hydrogen (secondary N) is 1. The molecule has 1 saturated heterocycles. The average Bonchev–Trinajstić information content (AvgIpc) is 2.68. The third kappa shape index (κ3) is 3.57. The van der Waals surface area contributed by atoms with Crippen LogP contribution in [0.25, 0.3) is 0 Å². The van der Waals surface area contributed by atoms with E-state index in [0.29, 0.717) is 0 Å². The molecule has 0 bridgehead atoms. The van der Waals surface area contributed by atoms with Gasteiger partial charge >= 0.3 is 5.97 Å². The number of H-pyrrole nitrogens is 1. The molecule has 2 N–H and O–H groups in total. The number of hydrogen-bond donors (Lipinski definition) is 2. The predicted molar refractivity (Wildman–Crippen MR) is 64.9 cm³/mol. The monoisotopic (exact) mass is 237 g/mol. The molecular weight excluding hydrogens is 218 g/mol. The normalized spacial score (nSPS) is 18.4. The van der Waals surface area contributed by atoms with Crippen LogP contribution < -0.4 is 0 Å². The first-order chi connectivity index (χ1) is 8.13. The lowest BCUT2D eigenvalue weighted by atomic mass is 10.3. The highest BCUT2D eigenvalue weighted by molar-refractivity contribution is 5.69. The van der Waals surface area contributed by atoms with Crippen molar-refractivity contribution >= 4 is 5.97 Å². The van der Waals surface area contributed by atoms with Crippen molar-refractivity contribution in [2.24, 2.45) is 0 Å². The number of carboxylic acids is 1. The second-order valence-electron chi connectivity index (χ2n) is 4.66. The van der Waals surface area contributed by atoms with Gasteiger partial charge in [0.2, 0.25) is 0 Å². The summed E-state index contributed by atoms with van der Waals surface area (Å²) >= 11 is 0. The van der Waals surface area contributed by atoms with Gasteiger partial charge < -0.3 is 15.0 Å². The number of aromatic amines is 1. The first-order valence-electron chi connectivity index (χ1n) is 5.93. The van der Waals surface area contributed by atoms with Crippen molar-refractivity contribution in [2.45, 2.75) is 13.0 Å². The van der Waals surface area contributed by atoms with E-state index in [-0.39, 0.29) is 6.42 Å². The summed E-state index contributed by atoms with van der Waals surface area (Å²) in [7, 11) is 2.14. The van der Waals surface area contributed by atoms with Gasteiger partial charge in [-0.25, -0.2) is 0 Å². The van der Waals surface area contributed by atoms with E-state index in [1.807, 2.05) is 12.1 Å². The highest BCUT2D eigenvalue weighted by Gasteiger charge is 2.14. The topological polar surface area (TPSA) is 59.6 Å². The van der Waals surface area contributed by atoms with E-state index in [2.05, 4.69) is 21.8 Å². The zero-order valence-electron chi connectivity index (χ0n) is 10.1. The molecule has 1 aliphatic heterocycles. The quantitative estimate of drug-likeness (QED) is 0.795. The number of nitrogens with zero attached hydrogens (tertiary/aromatic N) is 2. The molecule has 0 atom stereocenters. The highest BCUT2D eigenvalue weighted by atomic mass is 16.4. The zero-order chi connectivity index (χ0) is 12.3. The van der Waals surface area contributed by atoms with Crippen molar-refractivity contribution in [1.29, 1.82) is 0 Å². The third-order valence-electron chi connectivity index (χ3n) is 3.14. The van der Waals surface area contributed by atoms with Crippen molar-refractivity contribution in [3.63, 3.8) is 0 Å². The van der Waals surface area contributed by atoms with Crippen LogP contribution in [-0.2, 0) is 17.8 Å². The van der Waals surface area contributed by atoms with E-state index in [4.69, 9.17) is 5.11 Å².